The Labute approximate surface area is 442 Å². The van der Waals surface area contributed by atoms with Gasteiger partial charge in [-0.2, -0.15) is 0 Å². The number of unbranched alkanes of at least 4 members (excludes halogenated alkanes) is 33. The van der Waals surface area contributed by atoms with E-state index in [2.05, 4.69) is 49.3 Å². The van der Waals surface area contributed by atoms with Gasteiger partial charge in [-0.25, -0.2) is 0 Å². The van der Waals surface area contributed by atoms with Gasteiger partial charge in [0.1, 0.15) is 0 Å². The average Bonchev–Trinajstić information content (AvgIpc) is 3.37. The van der Waals surface area contributed by atoms with Gasteiger partial charge in [0.2, 0.25) is 11.8 Å². The van der Waals surface area contributed by atoms with Gasteiger partial charge in [-0.15, -0.1) is 0 Å². The van der Waals surface area contributed by atoms with E-state index in [4.69, 9.17) is 4.74 Å². The maximum absolute atomic E-state index is 14.0. The number of esters is 1. The summed E-state index contributed by atoms with van der Waals surface area (Å²) in [5.74, 6) is 0.320. The third-order valence-electron chi connectivity index (χ3n) is 15.4. The second-order valence-corrected chi connectivity index (χ2v) is 22.1. The second kappa shape index (κ2) is 51.8. The number of carbonyl (C=O) groups is 3. The van der Waals surface area contributed by atoms with E-state index in [1.165, 1.54) is 231 Å². The maximum atomic E-state index is 14.0. The first-order chi connectivity index (χ1) is 34.9. The van der Waals surface area contributed by atoms with Crippen molar-refractivity contribution in [2.75, 3.05) is 91.7 Å². The summed E-state index contributed by atoms with van der Waals surface area (Å²) >= 11 is 0. The molecule has 0 aromatic heterocycles. The molecule has 1 rings (SSSR count). The third-order valence-corrected chi connectivity index (χ3v) is 15.4. The van der Waals surface area contributed by atoms with E-state index >= 15 is 0 Å². The van der Waals surface area contributed by atoms with Crippen LogP contribution >= 0.6 is 0 Å². The zero-order chi connectivity index (χ0) is 51.5. The lowest BCUT2D eigenvalue weighted by Crippen LogP contribution is -2.54. The first-order valence-electron chi connectivity index (χ1n) is 31.8. The first-order valence-corrected chi connectivity index (χ1v) is 31.8. The number of ether oxygens (including phenoxy) is 1. The molecule has 1 saturated heterocycles. The first kappa shape index (κ1) is 67.3. The van der Waals surface area contributed by atoms with Gasteiger partial charge in [0, 0.05) is 52.2 Å². The lowest BCUT2D eigenvalue weighted by molar-refractivity contribution is -0.144. The van der Waals surface area contributed by atoms with E-state index in [1.54, 1.807) is 0 Å². The third kappa shape index (κ3) is 42.2. The minimum Gasteiger partial charge on any atom is -0.466 e. The van der Waals surface area contributed by atoms with Crippen LogP contribution in [0.2, 0.25) is 0 Å². The van der Waals surface area contributed by atoms with E-state index in [1.807, 2.05) is 9.80 Å². The number of piperazine rings is 1. The van der Waals surface area contributed by atoms with Crippen molar-refractivity contribution in [2.45, 2.75) is 291 Å². The van der Waals surface area contributed by atoms with E-state index in [0.717, 1.165) is 64.8 Å². The number of hydrogen-bond donors (Lipinski definition) is 0. The predicted molar refractivity (Wildman–Crippen MR) is 306 cm³/mol. The van der Waals surface area contributed by atoms with Gasteiger partial charge in [-0.1, -0.05) is 247 Å². The fraction of sp³-hybridized carbons (Fsp3) is 0.952. The highest BCUT2D eigenvalue weighted by atomic mass is 16.5. The molecule has 0 saturated carbocycles. The SMILES string of the molecule is CCCCCCCCCCCCCCN(CCCOC(=O)CCCCCCCCC)CC(=O)N1CCN(C(=O)CN(CCCCCCCCC)CCN(CCCCCCC)CCCCCCCCC)CC1. The van der Waals surface area contributed by atoms with Crippen LogP contribution < -0.4 is 0 Å². The minimum atomic E-state index is -0.0792. The van der Waals surface area contributed by atoms with E-state index < -0.39 is 0 Å². The molecule has 0 N–H and O–H groups in total. The lowest BCUT2D eigenvalue weighted by Gasteiger charge is -2.37. The number of hydrogen-bond acceptors (Lipinski definition) is 7. The van der Waals surface area contributed by atoms with Crippen LogP contribution in [-0.4, -0.2) is 134 Å². The monoisotopic (exact) mass is 1000 g/mol. The van der Waals surface area contributed by atoms with Crippen molar-refractivity contribution in [1.29, 1.82) is 0 Å². The van der Waals surface area contributed by atoms with E-state index in [9.17, 15) is 14.4 Å². The Bertz CT molecular complexity index is 1160. The van der Waals surface area contributed by atoms with Crippen LogP contribution in [0.15, 0.2) is 0 Å². The summed E-state index contributed by atoms with van der Waals surface area (Å²) in [5.41, 5.74) is 0. The molecule has 2 amide bonds. The average molecular weight is 1000 g/mol. The van der Waals surface area contributed by atoms with Crippen molar-refractivity contribution < 1.29 is 19.1 Å². The van der Waals surface area contributed by atoms with Crippen LogP contribution in [-0.2, 0) is 19.1 Å². The van der Waals surface area contributed by atoms with Crippen LogP contribution in [0.3, 0.4) is 0 Å². The lowest BCUT2D eigenvalue weighted by atomic mass is 10.1. The molecule has 420 valence electrons. The molecule has 0 aromatic rings. The number of rotatable bonds is 54. The van der Waals surface area contributed by atoms with Crippen LogP contribution in [0.25, 0.3) is 0 Å². The maximum Gasteiger partial charge on any atom is 0.305 e. The Kier molecular flexibility index (Phi) is 49.1. The van der Waals surface area contributed by atoms with Crippen molar-refractivity contribution >= 4 is 17.8 Å². The van der Waals surface area contributed by atoms with Gasteiger partial charge in [0.05, 0.1) is 19.7 Å². The predicted octanol–water partition coefficient (Wildman–Crippen LogP) is 15.8. The van der Waals surface area contributed by atoms with Gasteiger partial charge in [0.15, 0.2) is 0 Å². The molecule has 1 heterocycles. The molecule has 0 unspecified atom stereocenters. The molecule has 9 nitrogen and oxygen atoms in total. The summed E-state index contributed by atoms with van der Waals surface area (Å²) < 4.78 is 5.67. The number of carbonyl (C=O) groups excluding carboxylic acids is 3. The molecular formula is C62H123N5O4. The van der Waals surface area contributed by atoms with Crippen LogP contribution in [0.5, 0.6) is 0 Å². The molecule has 0 bridgehead atoms. The highest BCUT2D eigenvalue weighted by Gasteiger charge is 2.26. The van der Waals surface area contributed by atoms with Crippen LogP contribution in [0, 0.1) is 0 Å². The highest BCUT2D eigenvalue weighted by molar-refractivity contribution is 5.80. The van der Waals surface area contributed by atoms with Crippen molar-refractivity contribution in [3.8, 4) is 0 Å². The standard InChI is InChI=1S/C62H123N5O4/c1-6-11-16-21-25-26-27-28-29-33-38-42-48-64(50-44-57-71-62(70)45-39-34-30-22-17-12-7-2)58-60(68)66-53-55-67(56-54-66)61(69)59-65(49-43-37-32-24-19-14-9-4)52-51-63(46-40-35-20-15-10-5)47-41-36-31-23-18-13-8-3/h6-59H2,1-5H3. The quantitative estimate of drug-likeness (QED) is 0.0444. The molecular weight excluding hydrogens is 879 g/mol. The Balaban J connectivity index is 2.77. The van der Waals surface area contributed by atoms with Crippen LogP contribution in [0.4, 0.5) is 0 Å². The van der Waals surface area contributed by atoms with E-state index in [0.29, 0.717) is 52.3 Å². The Morgan fingerprint density at radius 2 is 0.563 bits per heavy atom. The summed E-state index contributed by atoms with van der Waals surface area (Å²) in [6.07, 6.45) is 50.4. The molecule has 9 heteroatoms. The molecule has 0 aromatic carbocycles. The molecule has 1 aliphatic heterocycles. The van der Waals surface area contributed by atoms with Crippen molar-refractivity contribution in [1.82, 2.24) is 24.5 Å². The molecule has 0 atom stereocenters. The smallest absolute Gasteiger partial charge is 0.305 e. The molecule has 1 fully saturated rings. The highest BCUT2D eigenvalue weighted by Crippen LogP contribution is 2.16. The van der Waals surface area contributed by atoms with Crippen LogP contribution in [0.1, 0.15) is 291 Å². The summed E-state index contributed by atoms with van der Waals surface area (Å²) in [5, 5.41) is 0. The largest absolute Gasteiger partial charge is 0.466 e. The van der Waals surface area contributed by atoms with Gasteiger partial charge >= 0.3 is 5.97 Å². The molecule has 0 aliphatic carbocycles. The summed E-state index contributed by atoms with van der Waals surface area (Å²) in [4.78, 5) is 52.0. The Hall–Kier alpha value is -1.71. The zero-order valence-corrected chi connectivity index (χ0v) is 48.6. The summed E-state index contributed by atoms with van der Waals surface area (Å²) in [7, 11) is 0. The summed E-state index contributed by atoms with van der Waals surface area (Å²) in [6, 6.07) is 0. The summed E-state index contributed by atoms with van der Waals surface area (Å²) in [6.45, 7) is 22.2. The van der Waals surface area contributed by atoms with Crippen molar-refractivity contribution in [2.24, 2.45) is 0 Å². The fourth-order valence-corrected chi connectivity index (χ4v) is 10.4. The van der Waals surface area contributed by atoms with Crippen molar-refractivity contribution in [3.05, 3.63) is 0 Å². The Morgan fingerprint density at radius 1 is 0.310 bits per heavy atom. The Morgan fingerprint density at radius 3 is 0.901 bits per heavy atom. The normalized spacial score (nSPS) is 13.1. The van der Waals surface area contributed by atoms with Gasteiger partial charge in [-0.05, 0) is 64.7 Å². The molecule has 1 aliphatic rings. The number of amides is 2. The number of nitrogens with zero attached hydrogens (tertiary/aromatic N) is 5. The molecule has 71 heavy (non-hydrogen) atoms. The van der Waals surface area contributed by atoms with E-state index in [-0.39, 0.29) is 17.8 Å². The van der Waals surface area contributed by atoms with Crippen molar-refractivity contribution in [3.63, 3.8) is 0 Å². The minimum absolute atomic E-state index is 0.0792. The zero-order valence-electron chi connectivity index (χ0n) is 48.6. The fourth-order valence-electron chi connectivity index (χ4n) is 10.4. The topological polar surface area (TPSA) is 76.6 Å². The second-order valence-electron chi connectivity index (χ2n) is 22.1. The van der Waals surface area contributed by atoms with Gasteiger partial charge in [0.25, 0.3) is 0 Å². The molecule has 0 spiro atoms. The van der Waals surface area contributed by atoms with Gasteiger partial charge < -0.3 is 19.4 Å². The van der Waals surface area contributed by atoms with Gasteiger partial charge in [-0.3, -0.25) is 24.2 Å². The molecule has 0 radical (unpaired) electrons.